The van der Waals surface area contributed by atoms with E-state index in [-0.39, 0.29) is 5.91 Å². The standard InChI is InChI=1S/C14H22N4OS/c19-13(17-9-5-15-6-10-17)12-11-20-14(16-12)18-7-3-1-2-4-8-18/h11,15H,1-10H2. The number of hydrogen-bond donors (Lipinski definition) is 1. The zero-order valence-electron chi connectivity index (χ0n) is 11.8. The van der Waals surface area contributed by atoms with Crippen molar-refractivity contribution in [1.82, 2.24) is 15.2 Å². The second-order valence-corrected chi connectivity index (χ2v) is 6.30. The molecule has 2 fully saturated rings. The van der Waals surface area contributed by atoms with Gasteiger partial charge in [0.25, 0.3) is 5.91 Å². The van der Waals surface area contributed by atoms with E-state index in [1.54, 1.807) is 11.3 Å². The number of thiazole rings is 1. The molecule has 0 aliphatic carbocycles. The minimum Gasteiger partial charge on any atom is -0.348 e. The first-order valence-electron chi connectivity index (χ1n) is 7.55. The summed E-state index contributed by atoms with van der Waals surface area (Å²) in [6.07, 6.45) is 5.10. The van der Waals surface area contributed by atoms with Crippen LogP contribution in [0.1, 0.15) is 36.2 Å². The fraction of sp³-hybridized carbons (Fsp3) is 0.714. The molecule has 1 aromatic rings. The molecular formula is C14H22N4OS. The van der Waals surface area contributed by atoms with E-state index in [0.29, 0.717) is 5.69 Å². The van der Waals surface area contributed by atoms with Crippen LogP contribution in [0.25, 0.3) is 0 Å². The van der Waals surface area contributed by atoms with Gasteiger partial charge in [0, 0.05) is 44.6 Å². The van der Waals surface area contributed by atoms with E-state index < -0.39 is 0 Å². The quantitative estimate of drug-likeness (QED) is 0.899. The number of nitrogens with one attached hydrogen (secondary N) is 1. The molecule has 0 spiro atoms. The Morgan fingerprint density at radius 1 is 1.10 bits per heavy atom. The van der Waals surface area contributed by atoms with Crippen LogP contribution in [0.3, 0.4) is 0 Å². The molecule has 5 nitrogen and oxygen atoms in total. The first kappa shape index (κ1) is 13.8. The maximum Gasteiger partial charge on any atom is 0.273 e. The smallest absolute Gasteiger partial charge is 0.273 e. The Morgan fingerprint density at radius 3 is 2.50 bits per heavy atom. The summed E-state index contributed by atoms with van der Waals surface area (Å²) in [6.45, 7) is 5.50. The summed E-state index contributed by atoms with van der Waals surface area (Å²) in [5.74, 6) is 0.0869. The normalized spacial score (nSPS) is 20.8. The summed E-state index contributed by atoms with van der Waals surface area (Å²) in [6, 6.07) is 0. The maximum absolute atomic E-state index is 12.4. The SMILES string of the molecule is O=C(c1csc(N2CCCCCC2)n1)N1CCNCC1. The molecule has 2 aliphatic heterocycles. The van der Waals surface area contributed by atoms with Crippen LogP contribution in [0.5, 0.6) is 0 Å². The number of rotatable bonds is 2. The average molecular weight is 294 g/mol. The van der Waals surface area contributed by atoms with Gasteiger partial charge >= 0.3 is 0 Å². The highest BCUT2D eigenvalue weighted by Gasteiger charge is 2.22. The molecule has 110 valence electrons. The molecule has 20 heavy (non-hydrogen) atoms. The molecule has 3 heterocycles. The second kappa shape index (κ2) is 6.54. The van der Waals surface area contributed by atoms with Gasteiger partial charge < -0.3 is 15.1 Å². The monoisotopic (exact) mass is 294 g/mol. The summed E-state index contributed by atoms with van der Waals surface area (Å²) in [5, 5.41) is 6.21. The number of carbonyl (C=O) groups is 1. The van der Waals surface area contributed by atoms with Crippen LogP contribution in [0.4, 0.5) is 5.13 Å². The van der Waals surface area contributed by atoms with Gasteiger partial charge in [0.15, 0.2) is 5.13 Å². The zero-order chi connectivity index (χ0) is 13.8. The predicted octanol–water partition coefficient (Wildman–Crippen LogP) is 1.57. The lowest BCUT2D eigenvalue weighted by molar-refractivity contribution is 0.0731. The number of hydrogen-bond acceptors (Lipinski definition) is 5. The Bertz CT molecular complexity index is 448. The third-order valence-electron chi connectivity index (χ3n) is 3.99. The van der Waals surface area contributed by atoms with Crippen molar-refractivity contribution >= 4 is 22.4 Å². The summed E-state index contributed by atoms with van der Waals surface area (Å²) in [5.41, 5.74) is 0.621. The molecular weight excluding hydrogens is 272 g/mol. The first-order chi connectivity index (χ1) is 9.84. The third kappa shape index (κ3) is 3.12. The van der Waals surface area contributed by atoms with Crippen molar-refractivity contribution in [2.24, 2.45) is 0 Å². The van der Waals surface area contributed by atoms with E-state index in [9.17, 15) is 4.79 Å². The van der Waals surface area contributed by atoms with E-state index in [1.807, 2.05) is 10.3 Å². The molecule has 0 atom stereocenters. The van der Waals surface area contributed by atoms with Crippen LogP contribution in [0.2, 0.25) is 0 Å². The Morgan fingerprint density at radius 2 is 1.80 bits per heavy atom. The fourth-order valence-corrected chi connectivity index (χ4v) is 3.65. The van der Waals surface area contributed by atoms with E-state index in [0.717, 1.165) is 44.4 Å². The zero-order valence-corrected chi connectivity index (χ0v) is 12.6. The van der Waals surface area contributed by atoms with Crippen molar-refractivity contribution in [3.05, 3.63) is 11.1 Å². The van der Waals surface area contributed by atoms with Crippen molar-refractivity contribution in [3.63, 3.8) is 0 Å². The van der Waals surface area contributed by atoms with Crippen LogP contribution < -0.4 is 10.2 Å². The number of aromatic nitrogens is 1. The molecule has 0 saturated carbocycles. The van der Waals surface area contributed by atoms with Crippen LogP contribution in [0.15, 0.2) is 5.38 Å². The number of anilines is 1. The average Bonchev–Trinajstić information content (AvgIpc) is 2.83. The van der Waals surface area contributed by atoms with Crippen LogP contribution >= 0.6 is 11.3 Å². The van der Waals surface area contributed by atoms with Gasteiger partial charge in [0.2, 0.25) is 0 Å². The Balaban J connectivity index is 1.67. The fourth-order valence-electron chi connectivity index (χ4n) is 2.80. The van der Waals surface area contributed by atoms with Gasteiger partial charge in [-0.2, -0.15) is 0 Å². The van der Waals surface area contributed by atoms with Gasteiger partial charge in [-0.3, -0.25) is 4.79 Å². The number of nitrogens with zero attached hydrogens (tertiary/aromatic N) is 3. The van der Waals surface area contributed by atoms with Gasteiger partial charge in [0.05, 0.1) is 0 Å². The third-order valence-corrected chi connectivity index (χ3v) is 4.89. The lowest BCUT2D eigenvalue weighted by Crippen LogP contribution is -2.46. The lowest BCUT2D eigenvalue weighted by Gasteiger charge is -2.26. The highest BCUT2D eigenvalue weighted by Crippen LogP contribution is 2.24. The molecule has 0 bridgehead atoms. The summed E-state index contributed by atoms with van der Waals surface area (Å²) >= 11 is 1.61. The molecule has 3 rings (SSSR count). The molecule has 2 aliphatic rings. The largest absolute Gasteiger partial charge is 0.348 e. The first-order valence-corrected chi connectivity index (χ1v) is 8.43. The minimum atomic E-state index is 0.0869. The van der Waals surface area contributed by atoms with E-state index >= 15 is 0 Å². The summed E-state index contributed by atoms with van der Waals surface area (Å²) < 4.78 is 0. The highest BCUT2D eigenvalue weighted by molar-refractivity contribution is 7.13. The number of amides is 1. The van der Waals surface area contributed by atoms with Crippen LogP contribution in [0, 0.1) is 0 Å². The van der Waals surface area contributed by atoms with Crippen molar-refractivity contribution in [1.29, 1.82) is 0 Å². The lowest BCUT2D eigenvalue weighted by atomic mass is 10.2. The van der Waals surface area contributed by atoms with Gasteiger partial charge in [-0.15, -0.1) is 11.3 Å². The van der Waals surface area contributed by atoms with E-state index in [2.05, 4.69) is 15.2 Å². The number of piperazine rings is 1. The molecule has 0 aromatic carbocycles. The van der Waals surface area contributed by atoms with Gasteiger partial charge in [0.1, 0.15) is 5.69 Å². The summed E-state index contributed by atoms with van der Waals surface area (Å²) in [7, 11) is 0. The Kier molecular flexibility index (Phi) is 4.52. The van der Waals surface area contributed by atoms with E-state index in [4.69, 9.17) is 0 Å². The molecule has 0 unspecified atom stereocenters. The van der Waals surface area contributed by atoms with Gasteiger partial charge in [-0.05, 0) is 12.8 Å². The molecule has 6 heteroatoms. The molecule has 1 N–H and O–H groups in total. The molecule has 0 radical (unpaired) electrons. The number of carbonyl (C=O) groups excluding carboxylic acids is 1. The Hall–Kier alpha value is -1.14. The van der Waals surface area contributed by atoms with Crippen molar-refractivity contribution in [2.75, 3.05) is 44.2 Å². The molecule has 2 saturated heterocycles. The molecule has 1 aromatic heterocycles. The van der Waals surface area contributed by atoms with Crippen molar-refractivity contribution < 1.29 is 4.79 Å². The van der Waals surface area contributed by atoms with Gasteiger partial charge in [-0.1, -0.05) is 12.8 Å². The van der Waals surface area contributed by atoms with Crippen LogP contribution in [-0.2, 0) is 0 Å². The van der Waals surface area contributed by atoms with Gasteiger partial charge in [-0.25, -0.2) is 4.98 Å². The highest BCUT2D eigenvalue weighted by atomic mass is 32.1. The second-order valence-electron chi connectivity index (χ2n) is 5.46. The topological polar surface area (TPSA) is 48.5 Å². The maximum atomic E-state index is 12.4. The predicted molar refractivity (Wildman–Crippen MR) is 81.6 cm³/mol. The van der Waals surface area contributed by atoms with Crippen LogP contribution in [-0.4, -0.2) is 55.1 Å². The summed E-state index contributed by atoms with van der Waals surface area (Å²) in [4.78, 5) is 21.2. The minimum absolute atomic E-state index is 0.0869. The van der Waals surface area contributed by atoms with Crippen molar-refractivity contribution in [3.8, 4) is 0 Å². The Labute approximate surface area is 124 Å². The molecule has 1 amide bonds. The van der Waals surface area contributed by atoms with Crippen molar-refractivity contribution in [2.45, 2.75) is 25.7 Å². The van der Waals surface area contributed by atoms with E-state index in [1.165, 1.54) is 25.7 Å².